The van der Waals surface area contributed by atoms with E-state index in [0.717, 1.165) is 83.6 Å². The first-order valence-electron chi connectivity index (χ1n) is 32.6. The Morgan fingerprint density at radius 2 is 0.545 bits per heavy atom. The lowest BCUT2D eigenvalue weighted by atomic mass is 9.86. The molecule has 0 N–H and O–H groups in total. The number of fused-ring (bicyclic) bond motifs is 1. The van der Waals surface area contributed by atoms with Gasteiger partial charge in [0.2, 0.25) is 0 Å². The van der Waals surface area contributed by atoms with E-state index in [2.05, 4.69) is 216 Å². The summed E-state index contributed by atoms with van der Waals surface area (Å²) in [7, 11) is 0. The van der Waals surface area contributed by atoms with Gasteiger partial charge in [-0.25, -0.2) is 4.58 Å². The number of nitrogens with zero attached hydrogens (tertiary/aromatic N) is 9. The lowest BCUT2D eigenvalue weighted by Crippen LogP contribution is -2.50. The molecule has 0 radical (unpaired) electrons. The second-order valence-corrected chi connectivity index (χ2v) is 28.5. The van der Waals surface area contributed by atoms with Crippen molar-refractivity contribution >= 4 is 6.21 Å². The van der Waals surface area contributed by atoms with Crippen LogP contribution in [0.4, 0.5) is 0 Å². The molecule has 9 nitrogen and oxygen atoms in total. The van der Waals surface area contributed by atoms with E-state index in [4.69, 9.17) is 0 Å². The topological polar surface area (TPSA) is 28.9 Å². The quantitative estimate of drug-likeness (QED) is 0.179. The summed E-state index contributed by atoms with van der Waals surface area (Å²) in [4.78, 5) is 20.8. The van der Waals surface area contributed by atoms with Gasteiger partial charge < -0.3 is 19.6 Å². The van der Waals surface area contributed by atoms with Crippen molar-refractivity contribution in [2.45, 2.75) is 280 Å². The fourth-order valence-corrected chi connectivity index (χ4v) is 12.7. The average molecular weight is 1090 g/mol. The van der Waals surface area contributed by atoms with E-state index in [0.29, 0.717) is 18.1 Å². The summed E-state index contributed by atoms with van der Waals surface area (Å²) in [5.41, 5.74) is 0. The van der Waals surface area contributed by atoms with Crippen LogP contribution in [0.15, 0.2) is 0 Å². The molecule has 1 unspecified atom stereocenters. The highest BCUT2D eigenvalue weighted by Gasteiger charge is 2.41. The Balaban J connectivity index is 0.000000897. The molecule has 0 aromatic heterocycles. The predicted molar refractivity (Wildman–Crippen MR) is 348 cm³/mol. The van der Waals surface area contributed by atoms with Crippen LogP contribution in [0, 0.1) is 47.3 Å². The van der Waals surface area contributed by atoms with Gasteiger partial charge in [0.1, 0.15) is 18.8 Å². The number of piperidine rings is 2. The van der Waals surface area contributed by atoms with Gasteiger partial charge in [0.25, 0.3) is 0 Å². The number of hydrogen-bond acceptors (Lipinski definition) is 8. The summed E-state index contributed by atoms with van der Waals surface area (Å²) in [6, 6.07) is 6.55. The molecule has 0 aromatic carbocycles. The van der Waals surface area contributed by atoms with Crippen molar-refractivity contribution in [3.05, 3.63) is 0 Å². The van der Waals surface area contributed by atoms with Gasteiger partial charge in [-0.05, 0) is 243 Å². The van der Waals surface area contributed by atoms with Crippen LogP contribution in [0.25, 0.3) is 0 Å². The molecule has 1 atom stereocenters. The third kappa shape index (κ3) is 28.9. The maximum atomic E-state index is 2.65. The van der Waals surface area contributed by atoms with Crippen molar-refractivity contribution in [2.75, 3.05) is 111 Å². The van der Waals surface area contributed by atoms with E-state index in [1.807, 2.05) is 0 Å². The second kappa shape index (κ2) is 39.8. The van der Waals surface area contributed by atoms with Crippen LogP contribution in [0.5, 0.6) is 0 Å². The molecule has 0 saturated carbocycles. The van der Waals surface area contributed by atoms with Crippen LogP contribution in [-0.2, 0) is 0 Å². The summed E-state index contributed by atoms with van der Waals surface area (Å²) >= 11 is 0. The van der Waals surface area contributed by atoms with Crippen LogP contribution in [-0.4, -0.2) is 216 Å². The highest BCUT2D eigenvalue weighted by molar-refractivity contribution is 5.52. The van der Waals surface area contributed by atoms with Gasteiger partial charge in [0.05, 0.1) is 0 Å². The summed E-state index contributed by atoms with van der Waals surface area (Å²) in [6.07, 6.45) is 12.1. The monoisotopic (exact) mass is 1090 g/mol. The molecule has 0 aliphatic carbocycles. The number of hydrogen-bond donors (Lipinski definition) is 0. The third-order valence-electron chi connectivity index (χ3n) is 19.3. The van der Waals surface area contributed by atoms with Gasteiger partial charge in [-0.15, -0.1) is 0 Å². The molecule has 77 heavy (non-hydrogen) atoms. The van der Waals surface area contributed by atoms with E-state index in [9.17, 15) is 0 Å². The smallest absolute Gasteiger partial charge is 0.146 e. The summed E-state index contributed by atoms with van der Waals surface area (Å²) in [6.45, 7) is 77.4. The molecule has 0 bridgehead atoms. The van der Waals surface area contributed by atoms with Crippen LogP contribution < -0.4 is 0 Å². The summed E-state index contributed by atoms with van der Waals surface area (Å²) in [5, 5.41) is 0. The molecule has 6 saturated heterocycles. The van der Waals surface area contributed by atoms with Gasteiger partial charge in [-0.3, -0.25) is 19.6 Å². The minimum absolute atomic E-state index is 0. The Bertz CT molecular complexity index is 1250. The first-order valence-corrected chi connectivity index (χ1v) is 32.6. The van der Waals surface area contributed by atoms with E-state index < -0.39 is 0 Å². The zero-order chi connectivity index (χ0) is 56.7. The Hall–Kier alpha value is -0.650. The molecule has 7 aliphatic rings. The van der Waals surface area contributed by atoms with Gasteiger partial charge in [0, 0.05) is 127 Å². The largest absolute Gasteiger partial charge is 0.301 e. The van der Waals surface area contributed by atoms with E-state index >= 15 is 0 Å². The highest BCUT2D eigenvalue weighted by atomic mass is 15.3. The Morgan fingerprint density at radius 1 is 0.299 bits per heavy atom. The zero-order valence-corrected chi connectivity index (χ0v) is 55.4. The molecular weight excluding hydrogens is 943 g/mol. The first-order chi connectivity index (χ1) is 35.1. The Morgan fingerprint density at radius 3 is 0.753 bits per heavy atom. The fraction of sp³-hybridized carbons (Fsp3) is 0.985. The molecule has 9 heteroatoms. The second-order valence-electron chi connectivity index (χ2n) is 28.5. The highest BCUT2D eigenvalue weighted by Crippen LogP contribution is 2.33. The molecule has 7 heterocycles. The maximum absolute atomic E-state index is 2.65. The van der Waals surface area contributed by atoms with Crippen molar-refractivity contribution in [1.29, 1.82) is 0 Å². The first kappa shape index (κ1) is 76.3. The normalized spacial score (nSPS) is 24.5. The molecule has 7 rings (SSSR count). The van der Waals surface area contributed by atoms with Gasteiger partial charge in [-0.2, -0.15) is 0 Å². The minimum Gasteiger partial charge on any atom is -0.301 e. The van der Waals surface area contributed by atoms with Crippen LogP contribution in [0.1, 0.15) is 226 Å². The molecule has 0 amide bonds. The fourth-order valence-electron chi connectivity index (χ4n) is 12.7. The molecule has 7 aliphatic heterocycles. The molecule has 0 spiro atoms. The lowest BCUT2D eigenvalue weighted by molar-refractivity contribution is -0.560. The van der Waals surface area contributed by atoms with E-state index in [1.165, 1.54) is 156 Å². The maximum Gasteiger partial charge on any atom is 0.146 e. The predicted octanol–water partition coefficient (Wildman–Crippen LogP) is 14.2. The van der Waals surface area contributed by atoms with Crippen LogP contribution >= 0.6 is 0 Å². The van der Waals surface area contributed by atoms with Crippen molar-refractivity contribution in [1.82, 2.24) is 39.2 Å². The molecule has 0 aromatic rings. The molecule has 462 valence electrons. The molecular formula is C68H146N9+. The minimum atomic E-state index is 0. The zero-order valence-electron chi connectivity index (χ0n) is 55.4. The summed E-state index contributed by atoms with van der Waals surface area (Å²) < 4.78 is 2.47. The van der Waals surface area contributed by atoms with E-state index in [1.54, 1.807) is 0 Å². The van der Waals surface area contributed by atoms with Crippen molar-refractivity contribution < 1.29 is 4.58 Å². The van der Waals surface area contributed by atoms with Crippen molar-refractivity contribution in [3.63, 3.8) is 0 Å². The van der Waals surface area contributed by atoms with Gasteiger partial charge in [-0.1, -0.05) is 56.4 Å². The Labute approximate surface area is 486 Å². The third-order valence-corrected chi connectivity index (χ3v) is 19.3. The van der Waals surface area contributed by atoms with E-state index in [-0.39, 0.29) is 14.9 Å². The number of likely N-dealkylation sites (tertiary alicyclic amines) is 4. The van der Waals surface area contributed by atoms with Gasteiger partial charge in [0.15, 0.2) is 0 Å². The van der Waals surface area contributed by atoms with Crippen molar-refractivity contribution in [2.24, 2.45) is 47.3 Å². The Kier molecular flexibility index (Phi) is 39.4. The number of piperazine rings is 1. The number of rotatable bonds is 12. The standard InChI is InChI=1S/C12H24N2.C11H24N2.2C11H23N.C11H22N.C10H22N2.2CH4/c1-9(2)13-5-11-7-14(10(3)4)8-12(11)6-13;1-10(2)12-6-5-7-13(9-8-12)11(3)4;4*1-9(2)11-5-7-12(8-6-11)10(3)4;;/h9-12H,5-8H2,1-4H3;10-11H,5-9H2,1-4H3;2*9-11H,5-8H2,1-4H3;7,9-11H,5-6,8H2,1-4H3;9-10H,5-8H2,1-4H3;2*1H4/q;;;;+1;;;. The van der Waals surface area contributed by atoms with Crippen LogP contribution in [0.3, 0.4) is 0 Å². The van der Waals surface area contributed by atoms with Crippen LogP contribution in [0.2, 0.25) is 0 Å². The molecule has 6 fully saturated rings. The lowest BCUT2D eigenvalue weighted by Gasteiger charge is -2.38. The van der Waals surface area contributed by atoms with Gasteiger partial charge >= 0.3 is 0 Å². The average Bonchev–Trinajstić information content (AvgIpc) is 3.86. The van der Waals surface area contributed by atoms with Crippen molar-refractivity contribution in [3.8, 4) is 0 Å². The SMILES string of the molecule is C.C.CC(C)C1CC=[N+](C(C)C)CC1.CC(C)C1CCN(C(C)C)CC1.CC(C)C1CCN(C(C)C)CC1.CC(C)N1CC2CN(C(C)C)CC2C1.CC(C)N1CCCN(C(C)C)CC1.CC(C)N1CCN(C(C)C)CC1. The summed E-state index contributed by atoms with van der Waals surface area (Å²) in [5.74, 6) is 7.45.